The normalized spacial score (nSPS) is 11.1. The number of anilines is 1. The van der Waals surface area contributed by atoms with Gasteiger partial charge in [-0.25, -0.2) is 0 Å². The minimum Gasteiger partial charge on any atom is -0.497 e. The lowest BCUT2D eigenvalue weighted by Crippen LogP contribution is -2.13. The second kappa shape index (κ2) is 9.77. The number of benzene rings is 2. The van der Waals surface area contributed by atoms with Crippen molar-refractivity contribution >= 4 is 29.0 Å². The van der Waals surface area contributed by atoms with Gasteiger partial charge in [0.1, 0.15) is 23.1 Å². The van der Waals surface area contributed by atoms with E-state index in [0.717, 1.165) is 16.1 Å². The van der Waals surface area contributed by atoms with Crippen molar-refractivity contribution in [3.05, 3.63) is 95.0 Å². The summed E-state index contributed by atoms with van der Waals surface area (Å²) in [6.07, 6.45) is 3.44. The zero-order valence-electron chi connectivity index (χ0n) is 17.4. The first-order valence-corrected chi connectivity index (χ1v) is 10.8. The molecule has 6 nitrogen and oxygen atoms in total. The van der Waals surface area contributed by atoms with Crippen LogP contribution in [0.5, 0.6) is 5.75 Å². The number of nitrogens with zero attached hydrogens (tertiary/aromatic N) is 3. The van der Waals surface area contributed by atoms with Gasteiger partial charge in [-0.2, -0.15) is 10.4 Å². The number of carbonyl (C=O) groups excluding carboxylic acids is 1. The summed E-state index contributed by atoms with van der Waals surface area (Å²) in [5.41, 5.74) is 3.09. The first-order chi connectivity index (χ1) is 15.7. The van der Waals surface area contributed by atoms with Crippen LogP contribution in [-0.4, -0.2) is 22.8 Å². The van der Waals surface area contributed by atoms with Crippen molar-refractivity contribution < 1.29 is 9.53 Å². The number of nitriles is 1. The molecule has 1 amide bonds. The van der Waals surface area contributed by atoms with Gasteiger partial charge in [-0.15, -0.1) is 11.3 Å². The van der Waals surface area contributed by atoms with Crippen molar-refractivity contribution in [1.82, 2.24) is 9.78 Å². The molecule has 0 aliphatic rings. The fourth-order valence-electron chi connectivity index (χ4n) is 3.20. The Bertz CT molecular complexity index is 1290. The summed E-state index contributed by atoms with van der Waals surface area (Å²) in [5.74, 6) is 0.126. The molecule has 32 heavy (non-hydrogen) atoms. The van der Waals surface area contributed by atoms with Gasteiger partial charge in [-0.3, -0.25) is 9.48 Å². The van der Waals surface area contributed by atoms with Gasteiger partial charge in [0.2, 0.25) is 0 Å². The summed E-state index contributed by atoms with van der Waals surface area (Å²) < 4.78 is 7.01. The number of methoxy groups -OCH3 is 1. The fourth-order valence-corrected chi connectivity index (χ4v) is 3.93. The van der Waals surface area contributed by atoms with Crippen LogP contribution in [0.4, 0.5) is 5.69 Å². The number of rotatable bonds is 7. The van der Waals surface area contributed by atoms with E-state index >= 15 is 0 Å². The molecule has 0 radical (unpaired) electrons. The van der Waals surface area contributed by atoms with E-state index in [1.165, 1.54) is 0 Å². The quantitative estimate of drug-likeness (QED) is 0.316. The summed E-state index contributed by atoms with van der Waals surface area (Å²) in [6, 6.07) is 22.9. The molecule has 1 N–H and O–H groups in total. The van der Waals surface area contributed by atoms with E-state index in [4.69, 9.17) is 9.84 Å². The highest BCUT2D eigenvalue weighted by Gasteiger charge is 2.15. The minimum absolute atomic E-state index is 0.00936. The number of carbonyl (C=O) groups is 1. The molecule has 4 aromatic rings. The average Bonchev–Trinajstić information content (AvgIpc) is 3.48. The van der Waals surface area contributed by atoms with Gasteiger partial charge >= 0.3 is 0 Å². The largest absolute Gasteiger partial charge is 0.497 e. The number of thiophene rings is 1. The van der Waals surface area contributed by atoms with Crippen LogP contribution in [0, 0.1) is 11.3 Å². The van der Waals surface area contributed by atoms with Crippen LogP contribution in [0.25, 0.3) is 16.6 Å². The maximum Gasteiger partial charge on any atom is 0.266 e. The van der Waals surface area contributed by atoms with Crippen LogP contribution in [-0.2, 0) is 11.3 Å². The Kier molecular flexibility index (Phi) is 6.44. The van der Waals surface area contributed by atoms with Crippen molar-refractivity contribution in [2.75, 3.05) is 12.4 Å². The Morgan fingerprint density at radius 2 is 2.03 bits per heavy atom. The molecule has 2 aromatic heterocycles. The lowest BCUT2D eigenvalue weighted by molar-refractivity contribution is -0.112. The predicted molar refractivity (Wildman–Crippen MR) is 126 cm³/mol. The molecule has 2 heterocycles. The van der Waals surface area contributed by atoms with E-state index in [-0.39, 0.29) is 5.57 Å². The van der Waals surface area contributed by atoms with E-state index in [1.54, 1.807) is 48.8 Å². The van der Waals surface area contributed by atoms with E-state index in [1.807, 2.05) is 64.8 Å². The van der Waals surface area contributed by atoms with Gasteiger partial charge in [-0.05, 0) is 35.2 Å². The molecule has 158 valence electrons. The highest BCUT2D eigenvalue weighted by molar-refractivity contribution is 7.13. The Labute approximate surface area is 190 Å². The second-order valence-electron chi connectivity index (χ2n) is 6.95. The number of nitrogens with one attached hydrogen (secondary N) is 1. The molecule has 0 atom stereocenters. The topological polar surface area (TPSA) is 79.9 Å². The Hall–Kier alpha value is -4.15. The van der Waals surface area contributed by atoms with Crippen LogP contribution in [0.15, 0.2) is 83.9 Å². The van der Waals surface area contributed by atoms with Crippen LogP contribution in [0.2, 0.25) is 0 Å². The molecule has 2 aromatic carbocycles. The number of ether oxygens (including phenoxy) is 1. The van der Waals surface area contributed by atoms with Gasteiger partial charge in [0.15, 0.2) is 0 Å². The lowest BCUT2D eigenvalue weighted by atomic mass is 10.1. The zero-order chi connectivity index (χ0) is 22.3. The number of hydrogen-bond acceptors (Lipinski definition) is 5. The van der Waals surface area contributed by atoms with Crippen molar-refractivity contribution in [2.24, 2.45) is 0 Å². The molecule has 7 heteroatoms. The first kappa shape index (κ1) is 21.1. The Morgan fingerprint density at radius 1 is 1.19 bits per heavy atom. The van der Waals surface area contributed by atoms with Crippen LogP contribution in [0.1, 0.15) is 11.1 Å². The third-order valence-electron chi connectivity index (χ3n) is 4.72. The molecular formula is C25H20N4O2S. The maximum absolute atomic E-state index is 12.8. The third-order valence-corrected chi connectivity index (χ3v) is 5.60. The summed E-state index contributed by atoms with van der Waals surface area (Å²) in [7, 11) is 1.56. The zero-order valence-corrected chi connectivity index (χ0v) is 18.2. The van der Waals surface area contributed by atoms with Gasteiger partial charge < -0.3 is 10.1 Å². The molecule has 0 bridgehead atoms. The Balaban J connectivity index is 1.65. The van der Waals surface area contributed by atoms with Crippen LogP contribution < -0.4 is 10.1 Å². The molecule has 0 aliphatic carbocycles. The lowest BCUT2D eigenvalue weighted by Gasteiger charge is -2.06. The van der Waals surface area contributed by atoms with Gasteiger partial charge in [0, 0.05) is 23.5 Å². The van der Waals surface area contributed by atoms with Crippen molar-refractivity contribution in [1.29, 1.82) is 5.26 Å². The summed E-state index contributed by atoms with van der Waals surface area (Å²) in [6.45, 7) is 0.588. The standard InChI is InChI=1S/C25H20N4O2S/c1-31-22-10-5-9-21(14-22)27-25(30)19(15-26)13-20-17-29(16-18-7-3-2-4-8-18)28-24(20)23-11-6-12-32-23/h2-14,17H,16H2,1H3,(H,27,30)/b19-13+. The third kappa shape index (κ3) is 4.94. The molecule has 0 unspecified atom stereocenters. The smallest absolute Gasteiger partial charge is 0.266 e. The van der Waals surface area contributed by atoms with E-state index in [0.29, 0.717) is 23.5 Å². The van der Waals surface area contributed by atoms with E-state index in [2.05, 4.69) is 5.32 Å². The number of aromatic nitrogens is 2. The molecule has 0 saturated carbocycles. The molecule has 0 saturated heterocycles. The summed E-state index contributed by atoms with van der Waals surface area (Å²) in [5, 5.41) is 19.1. The van der Waals surface area contributed by atoms with Crippen molar-refractivity contribution in [3.8, 4) is 22.4 Å². The predicted octanol–water partition coefficient (Wildman–Crippen LogP) is 5.21. The first-order valence-electron chi connectivity index (χ1n) is 9.88. The summed E-state index contributed by atoms with van der Waals surface area (Å²) in [4.78, 5) is 13.7. The summed E-state index contributed by atoms with van der Waals surface area (Å²) >= 11 is 1.56. The fraction of sp³-hybridized carbons (Fsp3) is 0.0800. The van der Waals surface area contributed by atoms with Crippen LogP contribution in [0.3, 0.4) is 0 Å². The molecule has 4 rings (SSSR count). The average molecular weight is 441 g/mol. The van der Waals surface area contributed by atoms with Crippen LogP contribution >= 0.6 is 11.3 Å². The van der Waals surface area contributed by atoms with E-state index < -0.39 is 5.91 Å². The molecule has 0 spiro atoms. The molecular weight excluding hydrogens is 420 g/mol. The number of amides is 1. The molecule has 0 aliphatic heterocycles. The van der Waals surface area contributed by atoms with Crippen molar-refractivity contribution in [3.63, 3.8) is 0 Å². The monoisotopic (exact) mass is 440 g/mol. The van der Waals surface area contributed by atoms with Gasteiger partial charge in [0.05, 0.1) is 18.5 Å². The van der Waals surface area contributed by atoms with Crippen molar-refractivity contribution in [2.45, 2.75) is 6.54 Å². The van der Waals surface area contributed by atoms with Gasteiger partial charge in [-0.1, -0.05) is 42.5 Å². The van der Waals surface area contributed by atoms with Gasteiger partial charge in [0.25, 0.3) is 5.91 Å². The molecule has 0 fully saturated rings. The second-order valence-corrected chi connectivity index (χ2v) is 7.90. The SMILES string of the molecule is COc1cccc(NC(=O)/C(C#N)=C/c2cn(Cc3ccccc3)nc2-c2cccs2)c1. The highest BCUT2D eigenvalue weighted by atomic mass is 32.1. The Morgan fingerprint density at radius 3 is 2.75 bits per heavy atom. The minimum atomic E-state index is -0.492. The number of hydrogen-bond donors (Lipinski definition) is 1. The highest BCUT2D eigenvalue weighted by Crippen LogP contribution is 2.29. The van der Waals surface area contributed by atoms with E-state index in [9.17, 15) is 10.1 Å². The maximum atomic E-state index is 12.8.